The molecule has 0 saturated heterocycles. The lowest BCUT2D eigenvalue weighted by Gasteiger charge is -2.41. The third-order valence-corrected chi connectivity index (χ3v) is 18.4. The van der Waals surface area contributed by atoms with Crippen LogP contribution in [0.1, 0.15) is 82.3 Å². The third-order valence-electron chi connectivity index (χ3n) is 13.7. The van der Waals surface area contributed by atoms with Crippen LogP contribution in [-0.4, -0.2) is 114 Å². The van der Waals surface area contributed by atoms with Gasteiger partial charge in [0.1, 0.15) is 34.9 Å². The number of ether oxygens (including phenoxy) is 7. The number of nitrogens with zero attached hydrogens (tertiary/aromatic N) is 3. The molecule has 5 aromatic carbocycles. The van der Waals surface area contributed by atoms with E-state index in [0.29, 0.717) is 44.5 Å². The maximum absolute atomic E-state index is 15.5. The molecule has 0 saturated carbocycles. The minimum atomic E-state index is -2.75. The average molecular weight is 1170 g/mol. The molecule has 0 radical (unpaired) electrons. The summed E-state index contributed by atoms with van der Waals surface area (Å²) in [4.78, 5) is 61.6. The number of phenols is 2. The molecule has 5 atom stereocenters. The summed E-state index contributed by atoms with van der Waals surface area (Å²) in [5.41, 5.74) is 12.5. The molecule has 0 aliphatic rings. The van der Waals surface area contributed by atoms with E-state index in [9.17, 15) is 25.3 Å². The van der Waals surface area contributed by atoms with Crippen LogP contribution in [0.25, 0.3) is 21.6 Å². The molecular formula is C60H77ClN6O14Si. The van der Waals surface area contributed by atoms with Crippen molar-refractivity contribution in [3.8, 4) is 45.6 Å². The fourth-order valence-electron chi connectivity index (χ4n) is 8.65. The molecule has 0 aliphatic carbocycles. The van der Waals surface area contributed by atoms with Crippen molar-refractivity contribution in [2.75, 3.05) is 41.7 Å². The number of esters is 1. The van der Waals surface area contributed by atoms with Gasteiger partial charge in [0.2, 0.25) is 17.6 Å². The molecular weight excluding hydrogens is 1090 g/mol. The Kier molecular flexibility index (Phi) is 23.3. The highest BCUT2D eigenvalue weighted by atomic mass is 35.5. The normalized spacial score (nSPS) is 13.4. The summed E-state index contributed by atoms with van der Waals surface area (Å²) in [5.74, 6) is -2.63. The average Bonchev–Trinajstić information content (AvgIpc) is 3.50. The van der Waals surface area contributed by atoms with Crippen molar-refractivity contribution in [2.45, 2.75) is 128 Å². The topological polar surface area (TPSA) is 267 Å². The lowest BCUT2D eigenvalue weighted by molar-refractivity contribution is -0.150. The Labute approximate surface area is 485 Å². The largest absolute Gasteiger partial charge is 0.504 e. The quantitative estimate of drug-likeness (QED) is 0.0108. The van der Waals surface area contributed by atoms with E-state index in [-0.39, 0.29) is 55.4 Å². The minimum absolute atomic E-state index is 0.0429. The Balaban J connectivity index is 1.70. The summed E-state index contributed by atoms with van der Waals surface area (Å²) in [6.45, 7) is 16.8. The van der Waals surface area contributed by atoms with Crippen LogP contribution in [-0.2, 0) is 58.9 Å². The van der Waals surface area contributed by atoms with Gasteiger partial charge in [-0.25, -0.2) is 9.59 Å². The van der Waals surface area contributed by atoms with Gasteiger partial charge >= 0.3 is 12.1 Å². The lowest BCUT2D eigenvalue weighted by Crippen LogP contribution is -2.60. The molecule has 0 spiro atoms. The number of rotatable bonds is 27. The number of hydrogen-bond acceptors (Lipinski definition) is 15. The number of amides is 3. The number of carbonyl (C=O) groups excluding carboxylic acids is 4. The number of halogens is 1. The number of phenolic OH excluding ortho intramolecular Hbond substituents is 2. The van der Waals surface area contributed by atoms with Crippen molar-refractivity contribution in [2.24, 2.45) is 5.11 Å². The number of aromatic hydroxyl groups is 2. The minimum Gasteiger partial charge on any atom is -0.504 e. The van der Waals surface area contributed by atoms with E-state index in [1.54, 1.807) is 82.3 Å². The predicted molar refractivity (Wildman–Crippen MR) is 314 cm³/mol. The first-order valence-corrected chi connectivity index (χ1v) is 29.9. The number of benzene rings is 5. The zero-order chi connectivity index (χ0) is 60.5. The highest BCUT2D eigenvalue weighted by Crippen LogP contribution is 2.45. The van der Waals surface area contributed by atoms with Crippen LogP contribution in [0, 0.1) is 0 Å². The van der Waals surface area contributed by atoms with Crippen LogP contribution in [0.5, 0.6) is 34.5 Å². The maximum atomic E-state index is 15.5. The standard InChI is InChI=1S/C60H77ClN6O14Si/c1-14-79-57(72)53(51(81-82(12,13)60(5,6)7)31-36-20-23-40(61)24-21-36)65-56(71)44(63-55(70)45(64-58(73)80-59(2,3)4)28-39-29-47(68)54(77-11)48(69)30-39)27-38-22-25-49(75-9)43(26-38)52-42(32-41(74-8)33-50(52)76-10)46(66-67-62)35-78-34-37-18-16-15-17-19-37/h15-26,29-30,32-33,44-46,51,53,68-69H,14,27-28,31,34-35H2,1-13H3,(H,63,70)(H,64,73)(H,65,71)/t44-,45-,46-,51-,53+/m1/s1. The molecule has 22 heteroatoms. The van der Waals surface area contributed by atoms with E-state index in [1.165, 1.54) is 40.6 Å². The first kappa shape index (κ1) is 65.1. The molecule has 0 bridgehead atoms. The summed E-state index contributed by atoms with van der Waals surface area (Å²) in [6.07, 6.45) is -2.47. The molecule has 0 heterocycles. The second kappa shape index (κ2) is 29.3. The molecule has 0 aromatic heterocycles. The van der Waals surface area contributed by atoms with E-state index in [4.69, 9.17) is 49.2 Å². The molecule has 0 fully saturated rings. The second-order valence-electron chi connectivity index (χ2n) is 21.9. The van der Waals surface area contributed by atoms with Crippen LogP contribution in [0.4, 0.5) is 4.79 Å². The van der Waals surface area contributed by atoms with Gasteiger partial charge in [-0.15, -0.1) is 0 Å². The smallest absolute Gasteiger partial charge is 0.408 e. The Morgan fingerprint density at radius 3 is 1.89 bits per heavy atom. The van der Waals surface area contributed by atoms with E-state index < -0.39 is 79.6 Å². The van der Waals surface area contributed by atoms with Crippen molar-refractivity contribution in [1.29, 1.82) is 0 Å². The molecule has 5 aromatic rings. The molecule has 0 aliphatic heterocycles. The molecule has 82 heavy (non-hydrogen) atoms. The zero-order valence-electron chi connectivity index (χ0n) is 48.9. The number of nitrogens with one attached hydrogen (secondary N) is 3. The Morgan fingerprint density at radius 2 is 1.32 bits per heavy atom. The van der Waals surface area contributed by atoms with E-state index in [1.807, 2.05) is 64.2 Å². The monoisotopic (exact) mass is 1170 g/mol. The first-order valence-electron chi connectivity index (χ1n) is 26.6. The summed E-state index contributed by atoms with van der Waals surface area (Å²) in [5, 5.41) is 34.2. The van der Waals surface area contributed by atoms with Crippen molar-refractivity contribution < 1.29 is 67.0 Å². The van der Waals surface area contributed by atoms with Gasteiger partial charge in [0.15, 0.2) is 25.9 Å². The number of hydrogen-bond donors (Lipinski definition) is 5. The Hall–Kier alpha value is -7.68. The summed E-state index contributed by atoms with van der Waals surface area (Å²) >= 11 is 6.30. The van der Waals surface area contributed by atoms with Crippen LogP contribution < -0.4 is 34.9 Å². The van der Waals surface area contributed by atoms with Gasteiger partial charge < -0.3 is 63.7 Å². The van der Waals surface area contributed by atoms with Crippen LogP contribution in [0.3, 0.4) is 0 Å². The zero-order valence-corrected chi connectivity index (χ0v) is 50.6. The van der Waals surface area contributed by atoms with Crippen molar-refractivity contribution in [3.05, 3.63) is 140 Å². The van der Waals surface area contributed by atoms with E-state index in [2.05, 4.69) is 26.0 Å². The van der Waals surface area contributed by atoms with Crippen LogP contribution >= 0.6 is 11.6 Å². The van der Waals surface area contributed by atoms with Gasteiger partial charge in [0.25, 0.3) is 0 Å². The van der Waals surface area contributed by atoms with Crippen molar-refractivity contribution in [3.63, 3.8) is 0 Å². The lowest BCUT2D eigenvalue weighted by atomic mass is 9.91. The summed E-state index contributed by atoms with van der Waals surface area (Å²) in [7, 11) is 2.93. The number of alkyl carbamates (subject to hydrolysis) is 1. The first-order chi connectivity index (χ1) is 38.7. The van der Waals surface area contributed by atoms with Crippen molar-refractivity contribution in [1.82, 2.24) is 16.0 Å². The fourth-order valence-corrected chi connectivity index (χ4v) is 10.1. The molecule has 0 unspecified atom stereocenters. The summed E-state index contributed by atoms with van der Waals surface area (Å²) < 4.78 is 47.2. The third kappa shape index (κ3) is 18.2. The van der Waals surface area contributed by atoms with Gasteiger partial charge in [-0.3, -0.25) is 9.59 Å². The molecule has 3 amide bonds. The maximum Gasteiger partial charge on any atom is 0.408 e. The van der Waals surface area contributed by atoms with Gasteiger partial charge in [-0.2, -0.15) is 0 Å². The second-order valence-corrected chi connectivity index (χ2v) is 27.1. The summed E-state index contributed by atoms with van der Waals surface area (Å²) in [6, 6.07) is 22.0. The number of carbonyl (C=O) groups is 4. The Bertz CT molecular complexity index is 3010. The fraction of sp³-hybridized carbons (Fsp3) is 0.433. The van der Waals surface area contributed by atoms with Gasteiger partial charge in [-0.1, -0.05) is 86.0 Å². The van der Waals surface area contributed by atoms with E-state index in [0.717, 1.165) is 11.1 Å². The highest BCUT2D eigenvalue weighted by molar-refractivity contribution is 6.74. The van der Waals surface area contributed by atoms with Crippen LogP contribution in [0.15, 0.2) is 102 Å². The number of azide groups is 1. The van der Waals surface area contributed by atoms with Gasteiger partial charge in [0, 0.05) is 40.0 Å². The van der Waals surface area contributed by atoms with Gasteiger partial charge in [0.05, 0.1) is 60.4 Å². The molecule has 442 valence electrons. The highest BCUT2D eigenvalue weighted by Gasteiger charge is 2.44. The molecule has 5 rings (SSSR count). The Morgan fingerprint density at radius 1 is 0.707 bits per heavy atom. The number of methoxy groups -OCH3 is 4. The SMILES string of the molecule is CCOC(=O)[C@@H](NC(=O)[C@@H](Cc1ccc(OC)c(-c2c(OC)cc(OC)cc2[C@@H](COCc2ccccc2)N=[N+]=[N-])c1)NC(=O)[C@@H](Cc1cc(O)c(OC)c(O)c1)NC(=O)OC(C)(C)C)[C@@H](Cc1ccc(Cl)cc1)O[Si](C)(C)C(C)(C)C. The van der Waals surface area contributed by atoms with E-state index >= 15 is 9.59 Å². The molecule has 5 N–H and O–H groups in total. The van der Waals surface area contributed by atoms with Crippen LogP contribution in [0.2, 0.25) is 23.2 Å². The van der Waals surface area contributed by atoms with Gasteiger partial charge in [-0.05, 0) is 128 Å². The molecule has 20 nitrogen and oxygen atoms in total. The predicted octanol–water partition coefficient (Wildman–Crippen LogP) is 10.9. The van der Waals surface area contributed by atoms with Crippen molar-refractivity contribution >= 4 is 43.8 Å².